The fraction of sp³-hybridized carbons (Fsp3) is 0.333. The Hall–Kier alpha value is -3.08. The van der Waals surface area contributed by atoms with Crippen molar-refractivity contribution >= 4 is 28.4 Å². The van der Waals surface area contributed by atoms with Crippen molar-refractivity contribution < 1.29 is 9.59 Å². The van der Waals surface area contributed by atoms with Crippen molar-refractivity contribution in [2.75, 3.05) is 11.9 Å². The number of nitrogens with zero attached hydrogens (tertiary/aromatic N) is 2. The average Bonchev–Trinajstić information content (AvgIpc) is 3.38. The van der Waals surface area contributed by atoms with Gasteiger partial charge in [0.15, 0.2) is 0 Å². The molecule has 148 valence electrons. The summed E-state index contributed by atoms with van der Waals surface area (Å²) in [5.74, 6) is 0.0553. The molecule has 2 aliphatic rings. The highest BCUT2D eigenvalue weighted by atomic mass is 16.2. The summed E-state index contributed by atoms with van der Waals surface area (Å²) in [6, 6.07) is 15.7. The van der Waals surface area contributed by atoms with E-state index in [1.165, 1.54) is 0 Å². The van der Waals surface area contributed by atoms with Gasteiger partial charge in [0, 0.05) is 41.9 Å². The van der Waals surface area contributed by atoms with Gasteiger partial charge in [0.2, 0.25) is 5.91 Å². The van der Waals surface area contributed by atoms with Gasteiger partial charge in [-0.3, -0.25) is 9.59 Å². The van der Waals surface area contributed by atoms with Crippen LogP contribution in [0.1, 0.15) is 42.1 Å². The van der Waals surface area contributed by atoms with Crippen LogP contribution in [0.2, 0.25) is 0 Å². The summed E-state index contributed by atoms with van der Waals surface area (Å²) in [5.41, 5.74) is 3.04. The number of carbonyl (C=O) groups is 2. The molecule has 2 atom stereocenters. The molecular formula is C24H25N3O2. The second kappa shape index (κ2) is 6.48. The Kier molecular flexibility index (Phi) is 4.02. The Bertz CT molecular complexity index is 1130. The highest BCUT2D eigenvalue weighted by Gasteiger charge is 2.58. The molecule has 2 aliphatic heterocycles. The molecule has 1 aromatic heterocycles. The van der Waals surface area contributed by atoms with Crippen molar-refractivity contribution in [2.24, 2.45) is 7.05 Å². The molecule has 1 spiro atoms. The number of likely N-dealkylation sites (tertiary alicyclic amines) is 1. The van der Waals surface area contributed by atoms with E-state index in [9.17, 15) is 9.59 Å². The van der Waals surface area contributed by atoms with Crippen LogP contribution >= 0.6 is 0 Å². The molecule has 0 aliphatic carbocycles. The van der Waals surface area contributed by atoms with Crippen molar-refractivity contribution in [3.63, 3.8) is 0 Å². The fourth-order valence-corrected chi connectivity index (χ4v) is 5.36. The van der Waals surface area contributed by atoms with Gasteiger partial charge >= 0.3 is 0 Å². The highest BCUT2D eigenvalue weighted by Crippen LogP contribution is 2.49. The summed E-state index contributed by atoms with van der Waals surface area (Å²) in [7, 11) is 1.99. The first-order chi connectivity index (χ1) is 14.1. The van der Waals surface area contributed by atoms with E-state index < -0.39 is 5.41 Å². The molecule has 0 radical (unpaired) electrons. The summed E-state index contributed by atoms with van der Waals surface area (Å²) < 4.78 is 2.03. The van der Waals surface area contributed by atoms with E-state index in [0.717, 1.165) is 35.0 Å². The maximum absolute atomic E-state index is 13.7. The van der Waals surface area contributed by atoms with Crippen molar-refractivity contribution in [2.45, 2.75) is 37.6 Å². The van der Waals surface area contributed by atoms with Gasteiger partial charge in [0.25, 0.3) is 5.91 Å². The lowest BCUT2D eigenvalue weighted by Crippen LogP contribution is -2.48. The number of fused-ring (bicyclic) bond motifs is 3. The molecule has 1 fully saturated rings. The van der Waals surface area contributed by atoms with Crippen LogP contribution in [0.4, 0.5) is 5.69 Å². The topological polar surface area (TPSA) is 54.3 Å². The van der Waals surface area contributed by atoms with Crippen LogP contribution in [0.5, 0.6) is 0 Å². The third-order valence-corrected chi connectivity index (χ3v) is 6.73. The third kappa shape index (κ3) is 2.40. The van der Waals surface area contributed by atoms with Gasteiger partial charge < -0.3 is 14.8 Å². The lowest BCUT2D eigenvalue weighted by atomic mass is 9.73. The molecule has 5 heteroatoms. The van der Waals surface area contributed by atoms with Gasteiger partial charge in [-0.1, -0.05) is 37.6 Å². The summed E-state index contributed by atoms with van der Waals surface area (Å²) >= 11 is 0. The number of anilines is 1. The molecule has 5 nitrogen and oxygen atoms in total. The minimum absolute atomic E-state index is 0.0225. The summed E-state index contributed by atoms with van der Waals surface area (Å²) in [4.78, 5) is 28.9. The predicted octanol–water partition coefficient (Wildman–Crippen LogP) is 4.08. The highest BCUT2D eigenvalue weighted by molar-refractivity contribution is 6.10. The van der Waals surface area contributed by atoms with Crippen LogP contribution in [-0.2, 0) is 17.3 Å². The monoisotopic (exact) mass is 387 g/mol. The van der Waals surface area contributed by atoms with Crippen molar-refractivity contribution in [3.05, 3.63) is 65.9 Å². The zero-order chi connectivity index (χ0) is 20.2. The Balaban J connectivity index is 1.60. The number of hydrogen-bond donors (Lipinski definition) is 1. The lowest BCUT2D eigenvalue weighted by Gasteiger charge is -2.34. The van der Waals surface area contributed by atoms with Crippen LogP contribution in [0, 0.1) is 0 Å². The molecule has 0 bridgehead atoms. The van der Waals surface area contributed by atoms with Crippen LogP contribution in [0.25, 0.3) is 10.9 Å². The fourth-order valence-electron chi connectivity index (χ4n) is 5.36. The first-order valence-electron chi connectivity index (χ1n) is 10.3. The van der Waals surface area contributed by atoms with Gasteiger partial charge in [-0.2, -0.15) is 0 Å². The first kappa shape index (κ1) is 18.0. The molecule has 3 heterocycles. The van der Waals surface area contributed by atoms with Crippen molar-refractivity contribution in [3.8, 4) is 0 Å². The SMILES string of the molecule is CCC[C@@H]1N(C(=O)c2cccc3c2ccn3C)CC[C@@]12C(=O)Nc1ccccc12. The molecular weight excluding hydrogens is 362 g/mol. The van der Waals surface area contributed by atoms with Crippen molar-refractivity contribution in [1.29, 1.82) is 0 Å². The first-order valence-corrected chi connectivity index (χ1v) is 10.3. The van der Waals surface area contributed by atoms with E-state index in [2.05, 4.69) is 12.2 Å². The number of aromatic nitrogens is 1. The van der Waals surface area contributed by atoms with Gasteiger partial charge in [-0.05, 0) is 42.7 Å². The minimum atomic E-state index is -0.646. The van der Waals surface area contributed by atoms with E-state index in [-0.39, 0.29) is 17.9 Å². The van der Waals surface area contributed by atoms with Crippen molar-refractivity contribution in [1.82, 2.24) is 9.47 Å². The molecule has 0 unspecified atom stereocenters. The van der Waals surface area contributed by atoms with E-state index in [0.29, 0.717) is 18.5 Å². The van der Waals surface area contributed by atoms with Crippen LogP contribution in [0.3, 0.4) is 0 Å². The van der Waals surface area contributed by atoms with Crippen LogP contribution in [0.15, 0.2) is 54.7 Å². The second-order valence-electron chi connectivity index (χ2n) is 8.19. The molecule has 1 N–H and O–H groups in total. The standard InChI is InChI=1S/C24H25N3O2/c1-3-7-21-24(18-9-4-5-10-19(18)25-23(24)29)13-15-27(21)22(28)17-8-6-11-20-16(17)12-14-26(20)2/h4-6,8-12,14,21H,3,7,13,15H2,1-2H3,(H,25,29)/t21-,24-/m0/s1. The van der Waals surface area contributed by atoms with Gasteiger partial charge in [-0.25, -0.2) is 0 Å². The average molecular weight is 387 g/mol. The quantitative estimate of drug-likeness (QED) is 0.736. The van der Waals surface area contributed by atoms with E-state index in [1.54, 1.807) is 0 Å². The molecule has 2 aromatic carbocycles. The molecule has 0 saturated carbocycles. The minimum Gasteiger partial charge on any atom is -0.351 e. The zero-order valence-electron chi connectivity index (χ0n) is 16.8. The second-order valence-corrected chi connectivity index (χ2v) is 8.19. The normalized spacial score (nSPS) is 23.0. The van der Waals surface area contributed by atoms with E-state index in [1.807, 2.05) is 71.2 Å². The summed E-state index contributed by atoms with van der Waals surface area (Å²) in [6.07, 6.45) is 4.37. The van der Waals surface area contributed by atoms with Gasteiger partial charge in [-0.15, -0.1) is 0 Å². The van der Waals surface area contributed by atoms with Crippen LogP contribution in [-0.4, -0.2) is 33.9 Å². The third-order valence-electron chi connectivity index (χ3n) is 6.73. The summed E-state index contributed by atoms with van der Waals surface area (Å²) in [6.45, 7) is 2.71. The lowest BCUT2D eigenvalue weighted by molar-refractivity contribution is -0.121. The Morgan fingerprint density at radius 2 is 2.00 bits per heavy atom. The number of aryl methyl sites for hydroxylation is 1. The smallest absolute Gasteiger partial charge is 0.254 e. The Morgan fingerprint density at radius 3 is 2.83 bits per heavy atom. The number of rotatable bonds is 3. The number of nitrogens with one attached hydrogen (secondary N) is 1. The summed E-state index contributed by atoms with van der Waals surface area (Å²) in [5, 5.41) is 4.04. The van der Waals surface area contributed by atoms with Gasteiger partial charge in [0.05, 0.1) is 11.5 Å². The number of amides is 2. The predicted molar refractivity (Wildman–Crippen MR) is 114 cm³/mol. The number of hydrogen-bond acceptors (Lipinski definition) is 2. The Morgan fingerprint density at radius 1 is 1.17 bits per heavy atom. The maximum atomic E-state index is 13.7. The van der Waals surface area contributed by atoms with E-state index >= 15 is 0 Å². The van der Waals surface area contributed by atoms with Crippen LogP contribution < -0.4 is 5.32 Å². The zero-order valence-corrected chi connectivity index (χ0v) is 16.8. The van der Waals surface area contributed by atoms with Gasteiger partial charge in [0.1, 0.15) is 0 Å². The van der Waals surface area contributed by atoms with E-state index in [4.69, 9.17) is 0 Å². The molecule has 3 aromatic rings. The Labute approximate surface area is 170 Å². The molecule has 2 amide bonds. The molecule has 29 heavy (non-hydrogen) atoms. The molecule has 1 saturated heterocycles. The number of benzene rings is 2. The largest absolute Gasteiger partial charge is 0.351 e. The molecule has 5 rings (SSSR count). The number of carbonyl (C=O) groups excluding carboxylic acids is 2. The maximum Gasteiger partial charge on any atom is 0.254 e. The number of para-hydroxylation sites is 1.